The van der Waals surface area contributed by atoms with Crippen molar-refractivity contribution in [1.29, 1.82) is 0 Å². The molecule has 1 saturated heterocycles. The van der Waals surface area contributed by atoms with E-state index in [0.29, 0.717) is 12.5 Å². The number of rotatable bonds is 5. The second kappa shape index (κ2) is 6.23. The molecular formula is C16H19F2N3O2. The maximum atomic E-state index is 13.3. The van der Waals surface area contributed by atoms with Gasteiger partial charge in [0, 0.05) is 37.3 Å². The molecule has 1 heterocycles. The van der Waals surface area contributed by atoms with Gasteiger partial charge in [-0.05, 0) is 30.9 Å². The average Bonchev–Trinajstić information content (AvgIpc) is 3.26. The SMILES string of the molecule is NC(CNC(=O)C1CC(=O)N(c2cc(F)cc(F)c2)C1)C1CC1. The van der Waals surface area contributed by atoms with Gasteiger partial charge in [0.2, 0.25) is 11.8 Å². The van der Waals surface area contributed by atoms with Crippen LogP contribution in [0.2, 0.25) is 0 Å². The van der Waals surface area contributed by atoms with Crippen LogP contribution in [0.4, 0.5) is 14.5 Å². The number of carbonyl (C=O) groups is 2. The van der Waals surface area contributed by atoms with Gasteiger partial charge < -0.3 is 16.0 Å². The fourth-order valence-corrected chi connectivity index (χ4v) is 2.88. The summed E-state index contributed by atoms with van der Waals surface area (Å²) in [5, 5.41) is 2.77. The molecule has 3 N–H and O–H groups in total. The van der Waals surface area contributed by atoms with Gasteiger partial charge in [-0.15, -0.1) is 0 Å². The molecule has 2 atom stereocenters. The Morgan fingerprint density at radius 1 is 1.30 bits per heavy atom. The Kier molecular flexibility index (Phi) is 4.30. The van der Waals surface area contributed by atoms with Gasteiger partial charge in [-0.25, -0.2) is 8.78 Å². The van der Waals surface area contributed by atoms with Crippen LogP contribution in [0.3, 0.4) is 0 Å². The molecule has 1 aliphatic heterocycles. The van der Waals surface area contributed by atoms with Crippen LogP contribution in [0.25, 0.3) is 0 Å². The van der Waals surface area contributed by atoms with Crippen molar-refractivity contribution in [1.82, 2.24) is 5.32 Å². The molecular weight excluding hydrogens is 304 g/mol. The van der Waals surface area contributed by atoms with Crippen LogP contribution in [0, 0.1) is 23.5 Å². The highest BCUT2D eigenvalue weighted by Gasteiger charge is 2.36. The van der Waals surface area contributed by atoms with Gasteiger partial charge in [0.25, 0.3) is 0 Å². The molecule has 0 spiro atoms. The van der Waals surface area contributed by atoms with Gasteiger partial charge in [0.15, 0.2) is 0 Å². The number of hydrogen-bond donors (Lipinski definition) is 2. The van der Waals surface area contributed by atoms with Gasteiger partial charge in [0.1, 0.15) is 11.6 Å². The Morgan fingerprint density at radius 2 is 1.96 bits per heavy atom. The molecule has 0 radical (unpaired) electrons. The minimum atomic E-state index is -0.754. The lowest BCUT2D eigenvalue weighted by Gasteiger charge is -2.17. The number of amides is 2. The second-order valence-electron chi connectivity index (χ2n) is 6.28. The van der Waals surface area contributed by atoms with Gasteiger partial charge in [-0.2, -0.15) is 0 Å². The molecule has 1 aromatic rings. The largest absolute Gasteiger partial charge is 0.354 e. The topological polar surface area (TPSA) is 75.4 Å². The number of hydrogen-bond acceptors (Lipinski definition) is 3. The summed E-state index contributed by atoms with van der Waals surface area (Å²) in [5.74, 6) is -2.12. The van der Waals surface area contributed by atoms with Crippen molar-refractivity contribution >= 4 is 17.5 Å². The zero-order valence-corrected chi connectivity index (χ0v) is 12.6. The van der Waals surface area contributed by atoms with Crippen molar-refractivity contribution < 1.29 is 18.4 Å². The Morgan fingerprint density at radius 3 is 2.57 bits per heavy atom. The quantitative estimate of drug-likeness (QED) is 0.854. The van der Waals surface area contributed by atoms with E-state index in [2.05, 4.69) is 5.32 Å². The minimum absolute atomic E-state index is 0.0304. The highest BCUT2D eigenvalue weighted by molar-refractivity contribution is 6.00. The molecule has 3 rings (SSSR count). The van der Waals surface area contributed by atoms with Crippen molar-refractivity contribution in [2.75, 3.05) is 18.0 Å². The Bertz CT molecular complexity index is 614. The smallest absolute Gasteiger partial charge is 0.227 e. The maximum Gasteiger partial charge on any atom is 0.227 e. The molecule has 7 heteroatoms. The van der Waals surface area contributed by atoms with Gasteiger partial charge >= 0.3 is 0 Å². The lowest BCUT2D eigenvalue weighted by Crippen LogP contribution is -2.41. The number of anilines is 1. The first-order valence-corrected chi connectivity index (χ1v) is 7.74. The highest BCUT2D eigenvalue weighted by Crippen LogP contribution is 2.31. The van der Waals surface area contributed by atoms with Crippen molar-refractivity contribution in [3.05, 3.63) is 29.8 Å². The van der Waals surface area contributed by atoms with Gasteiger partial charge in [-0.1, -0.05) is 0 Å². The lowest BCUT2D eigenvalue weighted by molar-refractivity contribution is -0.126. The molecule has 124 valence electrons. The zero-order chi connectivity index (χ0) is 16.6. The van der Waals surface area contributed by atoms with E-state index < -0.39 is 17.6 Å². The van der Waals surface area contributed by atoms with Crippen molar-refractivity contribution in [3.8, 4) is 0 Å². The molecule has 0 aromatic heterocycles. The third-order valence-electron chi connectivity index (χ3n) is 4.39. The van der Waals surface area contributed by atoms with E-state index in [-0.39, 0.29) is 36.5 Å². The predicted octanol–water partition coefficient (Wildman–Crippen LogP) is 1.17. The summed E-state index contributed by atoms with van der Waals surface area (Å²) in [6.07, 6.45) is 2.22. The number of benzene rings is 1. The van der Waals surface area contributed by atoms with E-state index in [9.17, 15) is 18.4 Å². The van der Waals surface area contributed by atoms with Crippen LogP contribution in [0.15, 0.2) is 18.2 Å². The fourth-order valence-electron chi connectivity index (χ4n) is 2.88. The molecule has 2 aliphatic rings. The molecule has 2 fully saturated rings. The normalized spacial score (nSPS) is 22.3. The Hall–Kier alpha value is -2.02. The number of nitrogens with one attached hydrogen (secondary N) is 1. The summed E-state index contributed by atoms with van der Waals surface area (Å²) in [6.45, 7) is 0.509. The van der Waals surface area contributed by atoms with Crippen LogP contribution in [0.1, 0.15) is 19.3 Å². The van der Waals surface area contributed by atoms with E-state index >= 15 is 0 Å². The van der Waals surface area contributed by atoms with Crippen LogP contribution in [-0.4, -0.2) is 30.9 Å². The summed E-state index contributed by atoms with van der Waals surface area (Å²) < 4.78 is 26.6. The first-order chi connectivity index (χ1) is 10.9. The molecule has 0 bridgehead atoms. The van der Waals surface area contributed by atoms with E-state index in [4.69, 9.17) is 5.73 Å². The number of carbonyl (C=O) groups excluding carboxylic acids is 2. The molecule has 2 unspecified atom stereocenters. The molecule has 1 aromatic carbocycles. The third-order valence-corrected chi connectivity index (χ3v) is 4.39. The zero-order valence-electron chi connectivity index (χ0n) is 12.6. The summed E-state index contributed by atoms with van der Waals surface area (Å²) in [6, 6.07) is 2.87. The molecule has 1 aliphatic carbocycles. The first-order valence-electron chi connectivity index (χ1n) is 7.74. The van der Waals surface area contributed by atoms with E-state index in [1.165, 1.54) is 4.90 Å². The van der Waals surface area contributed by atoms with Crippen LogP contribution >= 0.6 is 0 Å². The standard InChI is InChI=1S/C16H19F2N3O2/c17-11-4-12(18)6-13(5-11)21-8-10(3-15(21)22)16(23)20-7-14(19)9-1-2-9/h4-6,9-10,14H,1-3,7-8,19H2,(H,20,23). The second-order valence-corrected chi connectivity index (χ2v) is 6.28. The maximum absolute atomic E-state index is 13.3. The van der Waals surface area contributed by atoms with Crippen molar-refractivity contribution in [2.24, 2.45) is 17.6 Å². The third kappa shape index (κ3) is 3.67. The summed E-state index contributed by atoms with van der Waals surface area (Å²) >= 11 is 0. The first kappa shape index (κ1) is 15.9. The molecule has 23 heavy (non-hydrogen) atoms. The fraction of sp³-hybridized carbons (Fsp3) is 0.500. The Balaban J connectivity index is 1.61. The highest BCUT2D eigenvalue weighted by atomic mass is 19.1. The summed E-state index contributed by atoms with van der Waals surface area (Å²) in [4.78, 5) is 25.4. The monoisotopic (exact) mass is 323 g/mol. The van der Waals surface area contributed by atoms with Crippen LogP contribution < -0.4 is 16.0 Å². The summed E-state index contributed by atoms with van der Waals surface area (Å²) in [5.41, 5.74) is 6.07. The summed E-state index contributed by atoms with van der Waals surface area (Å²) in [7, 11) is 0. The van der Waals surface area contributed by atoms with E-state index in [1.807, 2.05) is 0 Å². The van der Waals surface area contributed by atoms with Crippen molar-refractivity contribution in [3.63, 3.8) is 0 Å². The van der Waals surface area contributed by atoms with Crippen molar-refractivity contribution in [2.45, 2.75) is 25.3 Å². The molecule has 2 amide bonds. The molecule has 5 nitrogen and oxygen atoms in total. The number of nitrogens with zero attached hydrogens (tertiary/aromatic N) is 1. The van der Waals surface area contributed by atoms with Gasteiger partial charge in [-0.3, -0.25) is 9.59 Å². The number of nitrogens with two attached hydrogens (primary N) is 1. The lowest BCUT2D eigenvalue weighted by atomic mass is 10.1. The average molecular weight is 323 g/mol. The van der Waals surface area contributed by atoms with E-state index in [0.717, 1.165) is 31.0 Å². The van der Waals surface area contributed by atoms with Crippen LogP contribution in [0.5, 0.6) is 0 Å². The molecule has 1 saturated carbocycles. The Labute approximate surface area is 132 Å². The van der Waals surface area contributed by atoms with Gasteiger partial charge in [0.05, 0.1) is 5.92 Å². The van der Waals surface area contributed by atoms with Crippen LogP contribution in [-0.2, 0) is 9.59 Å². The predicted molar refractivity (Wildman–Crippen MR) is 80.5 cm³/mol. The minimum Gasteiger partial charge on any atom is -0.354 e. The number of halogens is 2. The van der Waals surface area contributed by atoms with E-state index in [1.54, 1.807) is 0 Å².